The van der Waals surface area contributed by atoms with Gasteiger partial charge in [0.1, 0.15) is 0 Å². The lowest BCUT2D eigenvalue weighted by Crippen LogP contribution is -2.21. The molecule has 4 heteroatoms. The Kier molecular flexibility index (Phi) is 3.67. The predicted molar refractivity (Wildman–Crippen MR) is 74.5 cm³/mol. The number of hydrogen-bond acceptors (Lipinski definition) is 3. The minimum absolute atomic E-state index is 0.0977. The molecular formula is C14H20N4. The summed E-state index contributed by atoms with van der Waals surface area (Å²) in [5.74, 6) is 0. The lowest BCUT2D eigenvalue weighted by molar-refractivity contribution is 0.728. The molecule has 1 unspecified atom stereocenters. The van der Waals surface area contributed by atoms with Crippen LogP contribution in [0.25, 0.3) is 0 Å². The van der Waals surface area contributed by atoms with E-state index in [2.05, 4.69) is 42.5 Å². The van der Waals surface area contributed by atoms with Crippen molar-refractivity contribution in [1.82, 2.24) is 9.78 Å². The molecule has 18 heavy (non-hydrogen) atoms. The summed E-state index contributed by atoms with van der Waals surface area (Å²) in [5, 5.41) is 7.73. The molecule has 0 aliphatic heterocycles. The van der Waals surface area contributed by atoms with Gasteiger partial charge in [0.15, 0.2) is 0 Å². The summed E-state index contributed by atoms with van der Waals surface area (Å²) in [4.78, 5) is 0. The lowest BCUT2D eigenvalue weighted by atomic mass is 10.1. The second kappa shape index (κ2) is 5.23. The first-order chi connectivity index (χ1) is 8.61. The number of hydrogen-bond donors (Lipinski definition) is 2. The Labute approximate surface area is 108 Å². The molecule has 1 atom stereocenters. The van der Waals surface area contributed by atoms with Gasteiger partial charge >= 0.3 is 0 Å². The molecule has 1 aromatic heterocycles. The molecule has 0 saturated heterocycles. The predicted octanol–water partition coefficient (Wildman–Crippen LogP) is 2.15. The van der Waals surface area contributed by atoms with Crippen LogP contribution in [0.15, 0.2) is 30.5 Å². The standard InChI is InChI=1S/C14H20N4/c1-10-5-4-6-12(7-10)17-14(8-15)13-9-16-18(3)11(13)2/h4-7,9,14,17H,8,15H2,1-3H3. The van der Waals surface area contributed by atoms with Crippen LogP contribution in [0.1, 0.15) is 22.9 Å². The van der Waals surface area contributed by atoms with Gasteiger partial charge in [0, 0.05) is 30.5 Å². The SMILES string of the molecule is Cc1cccc(NC(CN)c2cnn(C)c2C)c1. The maximum Gasteiger partial charge on any atom is 0.0669 e. The fourth-order valence-corrected chi connectivity index (χ4v) is 2.06. The first-order valence-electron chi connectivity index (χ1n) is 6.13. The number of aryl methyl sites for hydroxylation is 2. The summed E-state index contributed by atoms with van der Waals surface area (Å²) in [5.41, 5.74) is 10.5. The Morgan fingerprint density at radius 2 is 2.17 bits per heavy atom. The van der Waals surface area contributed by atoms with E-state index in [0.717, 1.165) is 16.9 Å². The second-order valence-corrected chi connectivity index (χ2v) is 4.61. The second-order valence-electron chi connectivity index (χ2n) is 4.61. The zero-order valence-electron chi connectivity index (χ0n) is 11.1. The van der Waals surface area contributed by atoms with Gasteiger partial charge < -0.3 is 11.1 Å². The first-order valence-corrected chi connectivity index (χ1v) is 6.13. The molecule has 1 aromatic carbocycles. The Morgan fingerprint density at radius 1 is 1.39 bits per heavy atom. The monoisotopic (exact) mass is 244 g/mol. The quantitative estimate of drug-likeness (QED) is 0.866. The third-order valence-electron chi connectivity index (χ3n) is 3.24. The summed E-state index contributed by atoms with van der Waals surface area (Å²) in [6.45, 7) is 4.68. The lowest BCUT2D eigenvalue weighted by Gasteiger charge is -2.18. The van der Waals surface area contributed by atoms with Crippen molar-refractivity contribution in [2.24, 2.45) is 12.8 Å². The Morgan fingerprint density at radius 3 is 2.72 bits per heavy atom. The molecule has 1 heterocycles. The Hall–Kier alpha value is -1.81. The average molecular weight is 244 g/mol. The van der Waals surface area contributed by atoms with E-state index in [1.807, 2.05) is 24.0 Å². The van der Waals surface area contributed by atoms with Crippen LogP contribution in [0.5, 0.6) is 0 Å². The van der Waals surface area contributed by atoms with Gasteiger partial charge in [-0.15, -0.1) is 0 Å². The molecule has 4 nitrogen and oxygen atoms in total. The van der Waals surface area contributed by atoms with E-state index in [9.17, 15) is 0 Å². The van der Waals surface area contributed by atoms with Crippen molar-refractivity contribution in [2.75, 3.05) is 11.9 Å². The first kappa shape index (κ1) is 12.6. The van der Waals surface area contributed by atoms with Crippen LogP contribution in [0.3, 0.4) is 0 Å². The maximum atomic E-state index is 5.87. The number of benzene rings is 1. The summed E-state index contributed by atoms with van der Waals surface area (Å²) in [6, 6.07) is 8.40. The minimum atomic E-state index is 0.0977. The third-order valence-corrected chi connectivity index (χ3v) is 3.24. The number of nitrogens with zero attached hydrogens (tertiary/aromatic N) is 2. The van der Waals surface area contributed by atoms with Crippen molar-refractivity contribution in [3.63, 3.8) is 0 Å². The molecule has 2 aromatic rings. The molecule has 0 bridgehead atoms. The van der Waals surface area contributed by atoms with Gasteiger partial charge in [0.05, 0.1) is 12.2 Å². The molecular weight excluding hydrogens is 224 g/mol. The molecule has 2 rings (SSSR count). The van der Waals surface area contributed by atoms with Gasteiger partial charge in [-0.05, 0) is 31.5 Å². The minimum Gasteiger partial charge on any atom is -0.377 e. The maximum absolute atomic E-state index is 5.87. The topological polar surface area (TPSA) is 55.9 Å². The van der Waals surface area contributed by atoms with E-state index >= 15 is 0 Å². The van der Waals surface area contributed by atoms with Crippen LogP contribution in [-0.4, -0.2) is 16.3 Å². The Balaban J connectivity index is 2.22. The van der Waals surface area contributed by atoms with Crippen molar-refractivity contribution in [2.45, 2.75) is 19.9 Å². The molecule has 0 radical (unpaired) electrons. The van der Waals surface area contributed by atoms with Crippen molar-refractivity contribution in [3.8, 4) is 0 Å². The van der Waals surface area contributed by atoms with Gasteiger partial charge in [-0.1, -0.05) is 12.1 Å². The fourth-order valence-electron chi connectivity index (χ4n) is 2.06. The molecule has 3 N–H and O–H groups in total. The van der Waals surface area contributed by atoms with Crippen LogP contribution in [0.4, 0.5) is 5.69 Å². The van der Waals surface area contributed by atoms with Gasteiger partial charge in [-0.2, -0.15) is 5.10 Å². The summed E-state index contributed by atoms with van der Waals surface area (Å²) >= 11 is 0. The zero-order chi connectivity index (χ0) is 13.1. The van der Waals surface area contributed by atoms with Crippen molar-refractivity contribution in [3.05, 3.63) is 47.3 Å². The van der Waals surface area contributed by atoms with Crippen molar-refractivity contribution < 1.29 is 0 Å². The largest absolute Gasteiger partial charge is 0.377 e. The van der Waals surface area contributed by atoms with Gasteiger partial charge in [-0.25, -0.2) is 0 Å². The van der Waals surface area contributed by atoms with E-state index < -0.39 is 0 Å². The van der Waals surface area contributed by atoms with Gasteiger partial charge in [0.2, 0.25) is 0 Å². The highest BCUT2D eigenvalue weighted by molar-refractivity contribution is 5.48. The van der Waals surface area contributed by atoms with Crippen LogP contribution in [-0.2, 0) is 7.05 Å². The van der Waals surface area contributed by atoms with Crippen molar-refractivity contribution >= 4 is 5.69 Å². The highest BCUT2D eigenvalue weighted by Crippen LogP contribution is 2.21. The molecule has 0 fully saturated rings. The smallest absolute Gasteiger partial charge is 0.0669 e. The van der Waals surface area contributed by atoms with Crippen LogP contribution >= 0.6 is 0 Å². The highest BCUT2D eigenvalue weighted by atomic mass is 15.3. The Bertz CT molecular complexity index is 530. The van der Waals surface area contributed by atoms with E-state index in [4.69, 9.17) is 5.73 Å². The molecule has 0 amide bonds. The highest BCUT2D eigenvalue weighted by Gasteiger charge is 2.15. The summed E-state index contributed by atoms with van der Waals surface area (Å²) < 4.78 is 1.87. The number of nitrogens with two attached hydrogens (primary N) is 1. The van der Waals surface area contributed by atoms with Crippen LogP contribution in [0, 0.1) is 13.8 Å². The number of anilines is 1. The van der Waals surface area contributed by atoms with E-state index in [1.54, 1.807) is 0 Å². The van der Waals surface area contributed by atoms with E-state index in [-0.39, 0.29) is 6.04 Å². The van der Waals surface area contributed by atoms with Gasteiger partial charge in [-0.3, -0.25) is 4.68 Å². The van der Waals surface area contributed by atoms with Crippen LogP contribution < -0.4 is 11.1 Å². The number of rotatable bonds is 4. The molecule has 0 saturated carbocycles. The van der Waals surface area contributed by atoms with E-state index in [1.165, 1.54) is 5.56 Å². The van der Waals surface area contributed by atoms with Gasteiger partial charge in [0.25, 0.3) is 0 Å². The normalized spacial score (nSPS) is 12.4. The van der Waals surface area contributed by atoms with Crippen molar-refractivity contribution in [1.29, 1.82) is 0 Å². The molecule has 0 aliphatic rings. The average Bonchev–Trinajstić information content (AvgIpc) is 2.67. The van der Waals surface area contributed by atoms with E-state index in [0.29, 0.717) is 6.54 Å². The van der Waals surface area contributed by atoms with Crippen LogP contribution in [0.2, 0.25) is 0 Å². The molecule has 0 spiro atoms. The third kappa shape index (κ3) is 2.54. The molecule has 0 aliphatic carbocycles. The zero-order valence-corrected chi connectivity index (χ0v) is 11.1. The fraction of sp³-hybridized carbons (Fsp3) is 0.357. The molecule has 96 valence electrons. The number of aromatic nitrogens is 2. The summed E-state index contributed by atoms with van der Waals surface area (Å²) in [7, 11) is 1.94. The number of nitrogens with one attached hydrogen (secondary N) is 1. The summed E-state index contributed by atoms with van der Waals surface area (Å²) in [6.07, 6.45) is 1.88.